The molecule has 0 radical (unpaired) electrons. The minimum absolute atomic E-state index is 0.407. The maximum atomic E-state index is 11.8. The van der Waals surface area contributed by atoms with Gasteiger partial charge in [0.2, 0.25) is 0 Å². The molecule has 0 unspecified atom stereocenters. The third-order valence-corrected chi connectivity index (χ3v) is 5.00. The van der Waals surface area contributed by atoms with Gasteiger partial charge in [-0.15, -0.1) is 11.3 Å². The second kappa shape index (κ2) is 6.76. The molecule has 5 heteroatoms. The molecule has 0 aliphatic rings. The van der Waals surface area contributed by atoms with Crippen molar-refractivity contribution in [3.05, 3.63) is 65.0 Å². The lowest BCUT2D eigenvalue weighted by Crippen LogP contribution is -2.01. The molecule has 0 saturated carbocycles. The third kappa shape index (κ3) is 3.12. The van der Waals surface area contributed by atoms with Crippen molar-refractivity contribution in [3.8, 4) is 21.9 Å². The van der Waals surface area contributed by atoms with Crippen LogP contribution in [-0.4, -0.2) is 13.1 Å². The minimum Gasteiger partial charge on any atom is -0.465 e. The Kier molecular flexibility index (Phi) is 4.53. The fourth-order valence-electron chi connectivity index (χ4n) is 2.34. The molecule has 122 valence electrons. The summed E-state index contributed by atoms with van der Waals surface area (Å²) in [5.74, 6) is 1.13. The normalized spacial score (nSPS) is 10.4. The number of nitrogens with two attached hydrogens (primary N) is 1. The Morgan fingerprint density at radius 2 is 1.62 bits per heavy atom. The zero-order valence-electron chi connectivity index (χ0n) is 13.4. The van der Waals surface area contributed by atoms with Crippen LogP contribution in [0.4, 0.5) is 5.69 Å². The molecule has 0 aliphatic carbocycles. The van der Waals surface area contributed by atoms with Gasteiger partial charge in [-0.2, -0.15) is 0 Å². The van der Waals surface area contributed by atoms with Gasteiger partial charge in [-0.05, 0) is 54.4 Å². The summed E-state index contributed by atoms with van der Waals surface area (Å²) in [4.78, 5) is 13.2. The van der Waals surface area contributed by atoms with Crippen molar-refractivity contribution in [1.29, 1.82) is 0 Å². The Morgan fingerprint density at radius 3 is 2.25 bits per heavy atom. The van der Waals surface area contributed by atoms with Crippen molar-refractivity contribution in [3.63, 3.8) is 0 Å². The first-order valence-electron chi connectivity index (χ1n) is 7.40. The third-order valence-electron chi connectivity index (χ3n) is 3.66. The number of rotatable bonds is 4. The van der Waals surface area contributed by atoms with Crippen LogP contribution < -0.4 is 10.5 Å². The van der Waals surface area contributed by atoms with Crippen LogP contribution in [0.25, 0.3) is 10.4 Å². The molecule has 2 aromatic carbocycles. The molecule has 1 aromatic heterocycles. The highest BCUT2D eigenvalue weighted by Gasteiger charge is 2.19. The van der Waals surface area contributed by atoms with Crippen LogP contribution in [0.1, 0.15) is 15.2 Å². The van der Waals surface area contributed by atoms with Gasteiger partial charge in [0.25, 0.3) is 0 Å². The highest BCUT2D eigenvalue weighted by Crippen LogP contribution is 2.39. The molecule has 0 atom stereocenters. The molecule has 0 fully saturated rings. The van der Waals surface area contributed by atoms with E-state index < -0.39 is 5.97 Å². The summed E-state index contributed by atoms with van der Waals surface area (Å²) in [7, 11) is 1.35. The van der Waals surface area contributed by atoms with Gasteiger partial charge in [-0.3, -0.25) is 0 Å². The predicted octanol–water partition coefficient (Wildman–Crippen LogP) is 4.88. The molecule has 3 rings (SSSR count). The standard InChI is InChI=1S/C19H17NO3S/c1-12-16(20)18(19(21)22-2)24-17(12)13-8-10-15(11-9-13)23-14-6-4-3-5-7-14/h3-11H,20H2,1-2H3. The first-order valence-corrected chi connectivity index (χ1v) is 8.22. The van der Waals surface area contributed by atoms with Gasteiger partial charge in [0.1, 0.15) is 16.4 Å². The number of hydrogen-bond acceptors (Lipinski definition) is 5. The number of para-hydroxylation sites is 1. The number of carbonyl (C=O) groups excluding carboxylic acids is 1. The Bertz CT molecular complexity index is 854. The summed E-state index contributed by atoms with van der Waals surface area (Å²) >= 11 is 1.34. The summed E-state index contributed by atoms with van der Waals surface area (Å²) in [5.41, 5.74) is 8.38. The largest absolute Gasteiger partial charge is 0.465 e. The first kappa shape index (κ1) is 16.1. The monoisotopic (exact) mass is 339 g/mol. The Hall–Kier alpha value is -2.79. The van der Waals surface area contributed by atoms with Crippen molar-refractivity contribution < 1.29 is 14.3 Å². The fourth-order valence-corrected chi connectivity index (χ4v) is 3.50. The van der Waals surface area contributed by atoms with E-state index in [-0.39, 0.29) is 0 Å². The molecular formula is C19H17NO3S. The highest BCUT2D eigenvalue weighted by atomic mass is 32.1. The summed E-state index contributed by atoms with van der Waals surface area (Å²) in [6.07, 6.45) is 0. The topological polar surface area (TPSA) is 61.5 Å². The molecule has 2 N–H and O–H groups in total. The Labute approximate surface area is 144 Å². The summed E-state index contributed by atoms with van der Waals surface area (Å²) in [5, 5.41) is 0. The van der Waals surface area contributed by atoms with E-state index in [1.54, 1.807) is 0 Å². The predicted molar refractivity (Wildman–Crippen MR) is 96.8 cm³/mol. The Morgan fingerprint density at radius 1 is 1.00 bits per heavy atom. The Balaban J connectivity index is 1.87. The van der Waals surface area contributed by atoms with Crippen LogP contribution >= 0.6 is 11.3 Å². The number of benzene rings is 2. The first-order chi connectivity index (χ1) is 11.6. The van der Waals surface area contributed by atoms with Crippen LogP contribution in [0.3, 0.4) is 0 Å². The van der Waals surface area contributed by atoms with Crippen LogP contribution in [-0.2, 0) is 4.74 Å². The SMILES string of the molecule is COC(=O)c1sc(-c2ccc(Oc3ccccc3)cc2)c(C)c1N. The average Bonchev–Trinajstić information content (AvgIpc) is 2.91. The maximum absolute atomic E-state index is 11.8. The van der Waals surface area contributed by atoms with Crippen molar-refractivity contribution in [2.24, 2.45) is 0 Å². The van der Waals surface area contributed by atoms with Crippen molar-refractivity contribution >= 4 is 23.0 Å². The van der Waals surface area contributed by atoms with E-state index in [0.29, 0.717) is 10.6 Å². The zero-order chi connectivity index (χ0) is 17.1. The molecule has 0 amide bonds. The second-order valence-electron chi connectivity index (χ2n) is 5.23. The number of ether oxygens (including phenoxy) is 2. The summed E-state index contributed by atoms with van der Waals surface area (Å²) in [6.45, 7) is 1.90. The molecule has 1 heterocycles. The fraction of sp³-hybridized carbons (Fsp3) is 0.105. The lowest BCUT2D eigenvalue weighted by molar-refractivity contribution is 0.0607. The minimum atomic E-state index is -0.407. The van der Waals surface area contributed by atoms with Gasteiger partial charge in [-0.1, -0.05) is 18.2 Å². The lowest BCUT2D eigenvalue weighted by atomic mass is 10.1. The zero-order valence-corrected chi connectivity index (χ0v) is 14.2. The van der Waals surface area contributed by atoms with E-state index in [0.717, 1.165) is 27.5 Å². The van der Waals surface area contributed by atoms with Crippen LogP contribution in [0.5, 0.6) is 11.5 Å². The maximum Gasteiger partial charge on any atom is 0.350 e. The number of thiophene rings is 1. The molecule has 0 saturated heterocycles. The van der Waals surface area contributed by atoms with Gasteiger partial charge in [0.05, 0.1) is 12.8 Å². The van der Waals surface area contributed by atoms with Crippen molar-refractivity contribution in [2.75, 3.05) is 12.8 Å². The lowest BCUT2D eigenvalue weighted by Gasteiger charge is -2.06. The van der Waals surface area contributed by atoms with Crippen molar-refractivity contribution in [2.45, 2.75) is 6.92 Å². The number of methoxy groups -OCH3 is 1. The molecule has 0 spiro atoms. The quantitative estimate of drug-likeness (QED) is 0.688. The second-order valence-corrected chi connectivity index (χ2v) is 6.25. The van der Waals surface area contributed by atoms with Crippen LogP contribution in [0, 0.1) is 6.92 Å². The average molecular weight is 339 g/mol. The van der Waals surface area contributed by atoms with E-state index in [4.69, 9.17) is 15.2 Å². The molecule has 0 aliphatic heterocycles. The van der Waals surface area contributed by atoms with E-state index in [1.807, 2.05) is 61.5 Å². The van der Waals surface area contributed by atoms with Gasteiger partial charge >= 0.3 is 5.97 Å². The summed E-state index contributed by atoms with van der Waals surface area (Å²) in [6, 6.07) is 17.3. The smallest absolute Gasteiger partial charge is 0.350 e. The highest BCUT2D eigenvalue weighted by molar-refractivity contribution is 7.18. The molecule has 4 nitrogen and oxygen atoms in total. The summed E-state index contributed by atoms with van der Waals surface area (Å²) < 4.78 is 10.6. The molecule has 0 bridgehead atoms. The van der Waals surface area contributed by atoms with E-state index in [2.05, 4.69) is 0 Å². The van der Waals surface area contributed by atoms with Crippen molar-refractivity contribution in [1.82, 2.24) is 0 Å². The van der Waals surface area contributed by atoms with Gasteiger partial charge in [0, 0.05) is 4.88 Å². The van der Waals surface area contributed by atoms with E-state index in [1.165, 1.54) is 18.4 Å². The van der Waals surface area contributed by atoms with E-state index in [9.17, 15) is 4.79 Å². The van der Waals surface area contributed by atoms with Gasteiger partial charge < -0.3 is 15.2 Å². The number of anilines is 1. The molecular weight excluding hydrogens is 322 g/mol. The molecule has 24 heavy (non-hydrogen) atoms. The number of nitrogen functional groups attached to an aromatic ring is 1. The number of esters is 1. The number of hydrogen-bond donors (Lipinski definition) is 1. The molecule has 3 aromatic rings. The van der Waals surface area contributed by atoms with Gasteiger partial charge in [0.15, 0.2) is 0 Å². The number of carbonyl (C=O) groups is 1. The van der Waals surface area contributed by atoms with Crippen LogP contribution in [0.2, 0.25) is 0 Å². The van der Waals surface area contributed by atoms with E-state index >= 15 is 0 Å². The van der Waals surface area contributed by atoms with Gasteiger partial charge in [-0.25, -0.2) is 4.79 Å². The van der Waals surface area contributed by atoms with Crippen LogP contribution in [0.15, 0.2) is 54.6 Å².